The van der Waals surface area contributed by atoms with Crippen LogP contribution in [0.4, 0.5) is 0 Å². The smallest absolute Gasteiger partial charge is 0.335 e. The number of aliphatic hydroxyl groups is 1. The van der Waals surface area contributed by atoms with Gasteiger partial charge in [-0.2, -0.15) is 0 Å². The number of esters is 1. The maximum atomic E-state index is 13.3. The molecule has 0 unspecified atom stereocenters. The summed E-state index contributed by atoms with van der Waals surface area (Å²) in [7, 11) is 0. The van der Waals surface area contributed by atoms with Gasteiger partial charge in [0.25, 0.3) is 0 Å². The first-order chi connectivity index (χ1) is 16.0. The average Bonchev–Trinajstić information content (AvgIpc) is 3.21. The monoisotopic (exact) mass is 462 g/mol. The Labute approximate surface area is 203 Å². The zero-order valence-corrected chi connectivity index (χ0v) is 21.5. The van der Waals surface area contributed by atoms with E-state index in [1.165, 1.54) is 29.6 Å². The van der Waals surface area contributed by atoms with Gasteiger partial charge in [-0.25, -0.2) is 4.79 Å². The fraction of sp³-hybridized carbons (Fsp3) is 0.700. The Morgan fingerprint density at radius 2 is 1.76 bits per heavy atom. The second-order valence-electron chi connectivity index (χ2n) is 12.9. The normalized spacial score (nSPS) is 52.9. The minimum atomic E-state index is -0.932. The van der Waals surface area contributed by atoms with E-state index in [4.69, 9.17) is 9.47 Å². The first-order valence-corrected chi connectivity index (χ1v) is 13.5. The van der Waals surface area contributed by atoms with Gasteiger partial charge in [0.2, 0.25) is 0 Å². The van der Waals surface area contributed by atoms with Gasteiger partial charge in [-0.15, -0.1) is 0 Å². The largest absolute Gasteiger partial charge is 0.443 e. The van der Waals surface area contributed by atoms with E-state index in [0.29, 0.717) is 18.3 Å². The van der Waals surface area contributed by atoms with Crippen molar-refractivity contribution in [1.82, 2.24) is 0 Å². The van der Waals surface area contributed by atoms with E-state index in [2.05, 4.69) is 46.8 Å². The van der Waals surface area contributed by atoms with E-state index in [-0.39, 0.29) is 28.8 Å². The number of carbonyl (C=O) groups excluding carboxylic acids is 1. The maximum Gasteiger partial charge on any atom is 0.335 e. The Bertz CT molecular complexity index is 1170. The standard InChI is InChI=1S/C30H38O4/c1-15-9-7-11-19-13-29-21(18(4)26(32)34-29)23(27(15,19)5)24-17(3)22-25(31)28(6)16(2)10-8-12-20(28)14-30(22,29)33-24/h12-13,15-16,23-25,31H,7-11,14H2,1-6H3/t15-,16+,23-,24+,25-,27+,28-,29-,30-/m0/s1. The van der Waals surface area contributed by atoms with Crippen LogP contribution >= 0.6 is 0 Å². The Morgan fingerprint density at radius 1 is 1.03 bits per heavy atom. The molecule has 3 fully saturated rings. The van der Waals surface area contributed by atoms with Gasteiger partial charge in [0, 0.05) is 28.7 Å². The summed E-state index contributed by atoms with van der Waals surface area (Å²) in [5.74, 6) is 0.755. The molecule has 0 aromatic carbocycles. The first-order valence-electron chi connectivity index (χ1n) is 13.5. The molecule has 0 amide bonds. The average molecular weight is 463 g/mol. The van der Waals surface area contributed by atoms with Gasteiger partial charge in [0.05, 0.1) is 12.2 Å². The molecule has 0 radical (unpaired) electrons. The minimum Gasteiger partial charge on any atom is -0.443 e. The SMILES string of the molecule is CC1=C2[C@H]3[C@@H]4O[C@]5(CC6=CCC[C@@H](C)[C@]6(C)[C@@H](O)C5=C4C)[C@@]2(C=C2CCC[C@H](C)[C@]23C)OC1=O. The lowest BCUT2D eigenvalue weighted by Crippen LogP contribution is -2.70. The van der Waals surface area contributed by atoms with E-state index in [1.807, 2.05) is 6.92 Å². The Kier molecular flexibility index (Phi) is 3.93. The zero-order valence-electron chi connectivity index (χ0n) is 21.5. The molecule has 4 bridgehead atoms. The lowest BCUT2D eigenvalue weighted by Gasteiger charge is -2.64. The highest BCUT2D eigenvalue weighted by Crippen LogP contribution is 2.74. The molecule has 1 spiro atoms. The van der Waals surface area contributed by atoms with Crippen molar-refractivity contribution in [3.05, 3.63) is 45.6 Å². The summed E-state index contributed by atoms with van der Waals surface area (Å²) < 4.78 is 13.7. The second kappa shape index (κ2) is 6.18. The van der Waals surface area contributed by atoms with Crippen molar-refractivity contribution in [2.45, 2.75) is 103 Å². The quantitative estimate of drug-likeness (QED) is 0.377. The summed E-state index contributed by atoms with van der Waals surface area (Å²) in [5.41, 5.74) is 4.72. The molecule has 9 atom stereocenters. The Morgan fingerprint density at radius 3 is 2.53 bits per heavy atom. The van der Waals surface area contributed by atoms with Crippen molar-refractivity contribution in [3.63, 3.8) is 0 Å². The van der Waals surface area contributed by atoms with Crippen molar-refractivity contribution in [3.8, 4) is 0 Å². The van der Waals surface area contributed by atoms with Gasteiger partial charge < -0.3 is 14.6 Å². The van der Waals surface area contributed by atoms with Crippen LogP contribution in [0, 0.1) is 28.6 Å². The number of rotatable bonds is 0. The van der Waals surface area contributed by atoms with Gasteiger partial charge in [0.15, 0.2) is 5.60 Å². The summed E-state index contributed by atoms with van der Waals surface area (Å²) in [4.78, 5) is 13.3. The number of aliphatic hydroxyl groups excluding tert-OH is 1. The van der Waals surface area contributed by atoms with Crippen LogP contribution in [0.1, 0.15) is 80.1 Å². The fourth-order valence-corrected chi connectivity index (χ4v) is 9.65. The van der Waals surface area contributed by atoms with Gasteiger partial charge in [-0.05, 0) is 80.6 Å². The lowest BCUT2D eigenvalue weighted by atomic mass is 9.46. The van der Waals surface area contributed by atoms with Crippen LogP contribution in [0.3, 0.4) is 0 Å². The molecule has 4 heteroatoms. The highest BCUT2D eigenvalue weighted by atomic mass is 16.6. The van der Waals surface area contributed by atoms with Crippen LogP contribution in [0.5, 0.6) is 0 Å². The molecule has 7 rings (SSSR count). The summed E-state index contributed by atoms with van der Waals surface area (Å²) >= 11 is 0. The van der Waals surface area contributed by atoms with Crippen LogP contribution in [0.25, 0.3) is 0 Å². The molecule has 0 aromatic rings. The number of hydrogen-bond acceptors (Lipinski definition) is 4. The predicted molar refractivity (Wildman–Crippen MR) is 130 cm³/mol. The van der Waals surface area contributed by atoms with Crippen LogP contribution < -0.4 is 0 Å². The first kappa shape index (κ1) is 21.6. The topological polar surface area (TPSA) is 55.8 Å². The van der Waals surface area contributed by atoms with Gasteiger partial charge in [0.1, 0.15) is 5.60 Å². The van der Waals surface area contributed by atoms with Crippen LogP contribution in [0.2, 0.25) is 0 Å². The van der Waals surface area contributed by atoms with Crippen molar-refractivity contribution < 1.29 is 19.4 Å². The van der Waals surface area contributed by atoms with E-state index in [0.717, 1.165) is 36.0 Å². The molecule has 1 saturated heterocycles. The zero-order chi connectivity index (χ0) is 24.0. The van der Waals surface area contributed by atoms with Crippen LogP contribution in [-0.2, 0) is 14.3 Å². The second-order valence-corrected chi connectivity index (χ2v) is 12.9. The third-order valence-electron chi connectivity index (χ3n) is 12.0. The minimum absolute atomic E-state index is 0.0674. The number of allylic oxidation sites excluding steroid dienone is 2. The van der Waals surface area contributed by atoms with Crippen molar-refractivity contribution in [1.29, 1.82) is 0 Å². The molecular formula is C30H38O4. The Hall–Kier alpha value is -1.65. The molecule has 0 aromatic heterocycles. The van der Waals surface area contributed by atoms with E-state index in [1.54, 1.807) is 0 Å². The molecular weight excluding hydrogens is 424 g/mol. The summed E-state index contributed by atoms with van der Waals surface area (Å²) in [6, 6.07) is 0. The summed E-state index contributed by atoms with van der Waals surface area (Å²) in [6.45, 7) is 13.5. The van der Waals surface area contributed by atoms with Crippen molar-refractivity contribution in [2.24, 2.45) is 28.6 Å². The third-order valence-corrected chi connectivity index (χ3v) is 12.0. The molecule has 7 aliphatic rings. The van der Waals surface area contributed by atoms with Crippen LogP contribution in [-0.4, -0.2) is 34.5 Å². The fourth-order valence-electron chi connectivity index (χ4n) is 9.65. The summed E-state index contributed by atoms with van der Waals surface area (Å²) in [5, 5.41) is 12.2. The van der Waals surface area contributed by atoms with Crippen molar-refractivity contribution >= 4 is 5.97 Å². The number of ether oxygens (including phenoxy) is 2. The highest BCUT2D eigenvalue weighted by molar-refractivity contribution is 5.95. The number of fused-ring (bicyclic) bond motifs is 5. The molecule has 1 N–H and O–H groups in total. The third kappa shape index (κ3) is 1.96. The maximum absolute atomic E-state index is 13.3. The molecule has 3 aliphatic heterocycles. The molecule has 4 aliphatic carbocycles. The van der Waals surface area contributed by atoms with Gasteiger partial charge >= 0.3 is 5.97 Å². The molecule has 2 saturated carbocycles. The molecule has 3 heterocycles. The number of hydrogen-bond donors (Lipinski definition) is 1. The van der Waals surface area contributed by atoms with Gasteiger partial charge in [-0.3, -0.25) is 0 Å². The lowest BCUT2D eigenvalue weighted by molar-refractivity contribution is -0.213. The van der Waals surface area contributed by atoms with Crippen molar-refractivity contribution in [2.75, 3.05) is 0 Å². The Balaban J connectivity index is 1.57. The highest BCUT2D eigenvalue weighted by Gasteiger charge is 2.78. The van der Waals surface area contributed by atoms with E-state index in [9.17, 15) is 9.90 Å². The van der Waals surface area contributed by atoms with E-state index >= 15 is 0 Å². The van der Waals surface area contributed by atoms with Crippen LogP contribution in [0.15, 0.2) is 45.6 Å². The van der Waals surface area contributed by atoms with E-state index < -0.39 is 17.3 Å². The molecule has 34 heavy (non-hydrogen) atoms. The summed E-state index contributed by atoms with van der Waals surface area (Å²) in [6.07, 6.45) is 10.2. The van der Waals surface area contributed by atoms with Gasteiger partial charge in [-0.1, -0.05) is 44.9 Å². The predicted octanol–water partition coefficient (Wildman–Crippen LogP) is 5.58. The molecule has 4 nitrogen and oxygen atoms in total. The number of carbonyl (C=O) groups is 1. The molecule has 182 valence electrons.